The van der Waals surface area contributed by atoms with E-state index in [1.165, 1.54) is 6.20 Å². The fourth-order valence-corrected chi connectivity index (χ4v) is 2.61. The van der Waals surface area contributed by atoms with Gasteiger partial charge < -0.3 is 21.1 Å². The lowest BCUT2D eigenvalue weighted by molar-refractivity contribution is 0.0523. The van der Waals surface area contributed by atoms with Crippen LogP contribution in [0.1, 0.15) is 38.8 Å². The number of nitrogens with zero attached hydrogens (tertiary/aromatic N) is 3. The number of nitrogens with two attached hydrogens (primary N) is 1. The number of amides is 1. The Morgan fingerprint density at radius 3 is 2.63 bits per heavy atom. The molecule has 0 saturated carbocycles. The molecule has 0 aliphatic carbocycles. The van der Waals surface area contributed by atoms with Gasteiger partial charge in [-0.3, -0.25) is 4.99 Å². The first kappa shape index (κ1) is 22.9. The highest BCUT2D eigenvalue weighted by molar-refractivity contribution is 6.00. The van der Waals surface area contributed by atoms with Crippen LogP contribution in [-0.4, -0.2) is 34.4 Å². The number of aromatic nitrogens is 2. The number of alkyl carbamates (subject to hydrolysis) is 1. The smallest absolute Gasteiger partial charge is 0.407 e. The van der Waals surface area contributed by atoms with E-state index in [1.807, 2.05) is 58.9 Å². The van der Waals surface area contributed by atoms with Gasteiger partial charge in [0.15, 0.2) is 0 Å². The number of hydrogen-bond donors (Lipinski definition) is 3. The van der Waals surface area contributed by atoms with E-state index in [2.05, 4.69) is 25.6 Å². The van der Waals surface area contributed by atoms with Crippen LogP contribution in [0.5, 0.6) is 0 Å². The number of aryl methyl sites for hydroxylation is 1. The minimum Gasteiger partial charge on any atom is -0.444 e. The first-order valence-electron chi connectivity index (χ1n) is 9.65. The largest absolute Gasteiger partial charge is 0.444 e. The van der Waals surface area contributed by atoms with Crippen LogP contribution in [0.25, 0.3) is 11.3 Å². The fraction of sp³-hybridized carbons (Fsp3) is 0.364. The van der Waals surface area contributed by atoms with Gasteiger partial charge in [0.05, 0.1) is 17.1 Å². The molecule has 2 aromatic rings. The zero-order chi connectivity index (χ0) is 22.3. The second kappa shape index (κ2) is 9.87. The van der Waals surface area contributed by atoms with Crippen LogP contribution >= 0.6 is 0 Å². The normalized spacial score (nSPS) is 12.5. The van der Waals surface area contributed by atoms with E-state index in [-0.39, 0.29) is 0 Å². The zero-order valence-corrected chi connectivity index (χ0v) is 18.4. The van der Waals surface area contributed by atoms with Gasteiger partial charge in [-0.05, 0) is 57.9 Å². The molecular weight excluding hydrogens is 380 g/mol. The van der Waals surface area contributed by atoms with Crippen LogP contribution in [0.4, 0.5) is 10.7 Å². The molecule has 0 aliphatic heterocycles. The third-order valence-corrected chi connectivity index (χ3v) is 4.25. The summed E-state index contributed by atoms with van der Waals surface area (Å²) in [6.07, 6.45) is 2.69. The molecule has 0 bridgehead atoms. The lowest BCUT2D eigenvalue weighted by Gasteiger charge is -2.20. The number of allylic oxidation sites excluding steroid dienone is 1. The summed E-state index contributed by atoms with van der Waals surface area (Å²) in [5, 5.41) is 5.87. The second-order valence-corrected chi connectivity index (χ2v) is 7.78. The van der Waals surface area contributed by atoms with Crippen molar-refractivity contribution in [3.05, 3.63) is 53.5 Å². The Balaban J connectivity index is 2.14. The van der Waals surface area contributed by atoms with Crippen molar-refractivity contribution in [3.63, 3.8) is 0 Å². The number of anilines is 1. The van der Waals surface area contributed by atoms with Crippen molar-refractivity contribution in [2.45, 2.75) is 46.8 Å². The molecule has 30 heavy (non-hydrogen) atoms. The van der Waals surface area contributed by atoms with Gasteiger partial charge in [0.25, 0.3) is 0 Å². The summed E-state index contributed by atoms with van der Waals surface area (Å²) in [6, 6.07) is 7.79. The summed E-state index contributed by atoms with van der Waals surface area (Å²) in [5.41, 5.74) is 10.3. The van der Waals surface area contributed by atoms with Crippen molar-refractivity contribution in [1.82, 2.24) is 15.3 Å². The van der Waals surface area contributed by atoms with Crippen molar-refractivity contribution in [2.24, 2.45) is 10.7 Å². The molecule has 2 rings (SSSR count). The number of ether oxygens (including phenoxy) is 1. The summed E-state index contributed by atoms with van der Waals surface area (Å²) in [5.74, 6) is 0.431. The fourth-order valence-electron chi connectivity index (χ4n) is 2.61. The molecule has 8 nitrogen and oxygen atoms in total. The van der Waals surface area contributed by atoms with Gasteiger partial charge in [-0.15, -0.1) is 0 Å². The summed E-state index contributed by atoms with van der Waals surface area (Å²) in [6.45, 7) is 9.73. The molecule has 1 heterocycles. The Hall–Kier alpha value is -3.42. The second-order valence-electron chi connectivity index (χ2n) is 7.78. The molecule has 1 amide bonds. The Kier molecular flexibility index (Phi) is 7.52. The van der Waals surface area contributed by atoms with Crippen LogP contribution in [0.2, 0.25) is 0 Å². The number of carbonyl (C=O) groups excluding carboxylic acids is 1. The lowest BCUT2D eigenvalue weighted by Crippen LogP contribution is -2.32. The third kappa shape index (κ3) is 6.58. The van der Waals surface area contributed by atoms with Gasteiger partial charge in [0, 0.05) is 31.6 Å². The Bertz CT molecular complexity index is 960. The number of aliphatic imine (C=N–C) groups is 1. The SMILES string of the molecule is CN=C(C)C(=CN)Nc1nccc(-c2ccc(CNC(=O)OC(C)(C)C)c(C)c2)n1. The van der Waals surface area contributed by atoms with Crippen LogP contribution < -0.4 is 16.4 Å². The highest BCUT2D eigenvalue weighted by Gasteiger charge is 2.16. The molecule has 4 N–H and O–H groups in total. The summed E-state index contributed by atoms with van der Waals surface area (Å²) >= 11 is 0. The predicted molar refractivity (Wildman–Crippen MR) is 120 cm³/mol. The predicted octanol–water partition coefficient (Wildman–Crippen LogP) is 3.78. The summed E-state index contributed by atoms with van der Waals surface area (Å²) < 4.78 is 5.28. The van der Waals surface area contributed by atoms with Crippen molar-refractivity contribution >= 4 is 17.8 Å². The molecule has 8 heteroatoms. The van der Waals surface area contributed by atoms with Crippen LogP contribution in [0.3, 0.4) is 0 Å². The molecule has 0 atom stereocenters. The van der Waals surface area contributed by atoms with E-state index in [1.54, 1.807) is 13.2 Å². The van der Waals surface area contributed by atoms with E-state index in [0.29, 0.717) is 18.2 Å². The van der Waals surface area contributed by atoms with Gasteiger partial charge in [-0.1, -0.05) is 12.1 Å². The van der Waals surface area contributed by atoms with Gasteiger partial charge in [0.2, 0.25) is 5.95 Å². The number of hydrogen-bond acceptors (Lipinski definition) is 7. The molecule has 1 aromatic carbocycles. The molecule has 0 radical (unpaired) electrons. The van der Waals surface area contributed by atoms with E-state index < -0.39 is 11.7 Å². The number of nitrogens with one attached hydrogen (secondary N) is 2. The monoisotopic (exact) mass is 410 g/mol. The van der Waals surface area contributed by atoms with E-state index in [4.69, 9.17) is 10.5 Å². The van der Waals surface area contributed by atoms with Crippen molar-refractivity contribution < 1.29 is 9.53 Å². The number of rotatable bonds is 6. The maximum absolute atomic E-state index is 11.9. The van der Waals surface area contributed by atoms with Crippen LogP contribution in [0.15, 0.2) is 47.4 Å². The van der Waals surface area contributed by atoms with Crippen LogP contribution in [-0.2, 0) is 11.3 Å². The molecule has 1 aromatic heterocycles. The van der Waals surface area contributed by atoms with Gasteiger partial charge in [0.1, 0.15) is 5.60 Å². The van der Waals surface area contributed by atoms with E-state index in [9.17, 15) is 4.79 Å². The van der Waals surface area contributed by atoms with Crippen molar-refractivity contribution in [3.8, 4) is 11.3 Å². The van der Waals surface area contributed by atoms with Crippen molar-refractivity contribution in [2.75, 3.05) is 12.4 Å². The Morgan fingerprint density at radius 2 is 2.03 bits per heavy atom. The molecule has 0 spiro atoms. The lowest BCUT2D eigenvalue weighted by atomic mass is 10.0. The minimum atomic E-state index is -0.526. The minimum absolute atomic E-state index is 0.387. The first-order chi connectivity index (χ1) is 14.1. The molecule has 0 aliphatic rings. The third-order valence-electron chi connectivity index (χ3n) is 4.25. The van der Waals surface area contributed by atoms with E-state index >= 15 is 0 Å². The highest BCUT2D eigenvalue weighted by Crippen LogP contribution is 2.22. The quantitative estimate of drug-likeness (QED) is 0.625. The average Bonchev–Trinajstić information content (AvgIpc) is 2.69. The zero-order valence-electron chi connectivity index (χ0n) is 18.4. The van der Waals surface area contributed by atoms with E-state index in [0.717, 1.165) is 28.1 Å². The molecule has 0 fully saturated rings. The topological polar surface area (TPSA) is 115 Å². The number of benzene rings is 1. The van der Waals surface area contributed by atoms with Gasteiger partial charge in [-0.2, -0.15) is 0 Å². The van der Waals surface area contributed by atoms with Crippen LogP contribution in [0, 0.1) is 6.92 Å². The first-order valence-corrected chi connectivity index (χ1v) is 9.65. The summed E-state index contributed by atoms with van der Waals surface area (Å²) in [7, 11) is 1.69. The van der Waals surface area contributed by atoms with Gasteiger partial charge >= 0.3 is 6.09 Å². The van der Waals surface area contributed by atoms with Gasteiger partial charge in [-0.25, -0.2) is 14.8 Å². The average molecular weight is 411 g/mol. The number of carbonyl (C=O) groups is 1. The van der Waals surface area contributed by atoms with Crippen molar-refractivity contribution in [1.29, 1.82) is 0 Å². The molecule has 0 unspecified atom stereocenters. The Labute approximate surface area is 177 Å². The maximum Gasteiger partial charge on any atom is 0.407 e. The molecule has 0 saturated heterocycles. The Morgan fingerprint density at radius 1 is 1.30 bits per heavy atom. The molecular formula is C22H30N6O2. The summed E-state index contributed by atoms with van der Waals surface area (Å²) in [4.78, 5) is 24.8. The maximum atomic E-state index is 11.9. The standard InChI is InChI=1S/C22H30N6O2/c1-14-11-16(7-8-17(14)13-26-21(29)30-22(3,4)5)18-9-10-25-20(27-18)28-19(12-23)15(2)24-6/h7-12H,13,23H2,1-6H3,(H,26,29)(H,25,27,28). The molecule has 160 valence electrons. The highest BCUT2D eigenvalue weighted by atomic mass is 16.6.